The van der Waals surface area contributed by atoms with Crippen molar-refractivity contribution < 1.29 is 23.7 Å². The molecule has 3 aromatic carbocycles. The zero-order valence-electron chi connectivity index (χ0n) is 16.5. The number of benzene rings is 3. The van der Waals surface area contributed by atoms with E-state index in [2.05, 4.69) is 0 Å². The Kier molecular flexibility index (Phi) is 5.63. The van der Waals surface area contributed by atoms with Crippen molar-refractivity contribution in [1.82, 2.24) is 0 Å². The highest BCUT2D eigenvalue weighted by Crippen LogP contribution is 2.36. The number of methoxy groups -OCH3 is 2. The molecule has 0 saturated carbocycles. The first kappa shape index (κ1) is 19.9. The molecule has 1 aliphatic heterocycles. The molecule has 0 amide bonds. The molecule has 0 bridgehead atoms. The minimum Gasteiger partial charge on any atom is -0.493 e. The molecule has 0 unspecified atom stereocenters. The highest BCUT2D eigenvalue weighted by atomic mass is 35.5. The van der Waals surface area contributed by atoms with Gasteiger partial charge in [0.2, 0.25) is 5.78 Å². The quantitative estimate of drug-likeness (QED) is 0.487. The zero-order chi connectivity index (χ0) is 21.1. The summed E-state index contributed by atoms with van der Waals surface area (Å²) in [5.74, 6) is 2.29. The molecular weight excluding hydrogens is 404 g/mol. The summed E-state index contributed by atoms with van der Waals surface area (Å²) in [6.45, 7) is 0.320. The summed E-state index contributed by atoms with van der Waals surface area (Å²) in [5, 5.41) is 0.644. The Hall–Kier alpha value is -3.44. The number of rotatable bonds is 6. The second-order valence-corrected chi connectivity index (χ2v) is 7.00. The monoisotopic (exact) mass is 422 g/mol. The third-order valence-corrected chi connectivity index (χ3v) is 5.07. The maximum atomic E-state index is 12.7. The molecule has 1 aliphatic rings. The average molecular weight is 423 g/mol. The Morgan fingerprint density at radius 3 is 2.53 bits per heavy atom. The molecule has 0 saturated heterocycles. The molecule has 0 spiro atoms. The van der Waals surface area contributed by atoms with Crippen molar-refractivity contribution in [2.75, 3.05) is 14.2 Å². The van der Waals surface area contributed by atoms with Crippen LogP contribution in [0.15, 0.2) is 66.4 Å². The Balaban J connectivity index is 1.53. The van der Waals surface area contributed by atoms with Crippen LogP contribution < -0.4 is 18.9 Å². The molecule has 1 heterocycles. The maximum Gasteiger partial charge on any atom is 0.231 e. The number of Topliss-reactive ketones (excluding diaryl/α,β-unsaturated/α-hetero) is 1. The summed E-state index contributed by atoms with van der Waals surface area (Å²) in [4.78, 5) is 12.7. The van der Waals surface area contributed by atoms with E-state index in [4.69, 9.17) is 30.5 Å². The van der Waals surface area contributed by atoms with Crippen LogP contribution in [-0.4, -0.2) is 20.0 Å². The molecular formula is C24H19ClO5. The van der Waals surface area contributed by atoms with Gasteiger partial charge in [-0.3, -0.25) is 4.79 Å². The maximum absolute atomic E-state index is 12.7. The van der Waals surface area contributed by atoms with Crippen molar-refractivity contribution in [3.8, 4) is 23.0 Å². The second kappa shape index (κ2) is 8.51. The number of ketones is 1. The van der Waals surface area contributed by atoms with E-state index in [-0.39, 0.29) is 11.5 Å². The number of allylic oxidation sites excluding steroid dienone is 1. The predicted molar refractivity (Wildman–Crippen MR) is 115 cm³/mol. The number of ether oxygens (including phenoxy) is 4. The normalized spacial score (nSPS) is 13.7. The van der Waals surface area contributed by atoms with Crippen molar-refractivity contribution in [3.63, 3.8) is 0 Å². The van der Waals surface area contributed by atoms with E-state index >= 15 is 0 Å². The summed E-state index contributed by atoms with van der Waals surface area (Å²) in [6.07, 6.45) is 1.68. The number of hydrogen-bond donors (Lipinski definition) is 0. The van der Waals surface area contributed by atoms with Gasteiger partial charge in [-0.25, -0.2) is 0 Å². The summed E-state index contributed by atoms with van der Waals surface area (Å²) in [6, 6.07) is 18.0. The third kappa shape index (κ3) is 3.98. The molecule has 0 N–H and O–H groups in total. The molecule has 4 rings (SSSR count). The van der Waals surface area contributed by atoms with Gasteiger partial charge in [-0.2, -0.15) is 0 Å². The number of hydrogen-bond acceptors (Lipinski definition) is 5. The van der Waals surface area contributed by atoms with E-state index < -0.39 is 0 Å². The first-order valence-electron chi connectivity index (χ1n) is 9.25. The fourth-order valence-corrected chi connectivity index (χ4v) is 3.32. The molecule has 30 heavy (non-hydrogen) atoms. The van der Waals surface area contributed by atoms with E-state index in [1.54, 1.807) is 50.6 Å². The van der Waals surface area contributed by atoms with Crippen molar-refractivity contribution in [2.45, 2.75) is 6.61 Å². The van der Waals surface area contributed by atoms with Crippen LogP contribution in [0.25, 0.3) is 6.08 Å². The summed E-state index contributed by atoms with van der Waals surface area (Å²) in [7, 11) is 3.13. The predicted octanol–water partition coefficient (Wildman–Crippen LogP) is 5.55. The minimum atomic E-state index is -0.183. The lowest BCUT2D eigenvalue weighted by atomic mass is 10.1. The molecule has 0 aliphatic carbocycles. The average Bonchev–Trinajstić information content (AvgIpc) is 3.07. The van der Waals surface area contributed by atoms with E-state index in [9.17, 15) is 4.79 Å². The highest BCUT2D eigenvalue weighted by Gasteiger charge is 2.28. The standard InChI is InChI=1S/C24H19ClO5/c1-27-20-10-7-15(11-22(20)28-2)12-23-24(26)18-9-8-17(13-21(18)30-23)29-14-16-5-3-4-6-19(16)25/h3-13H,14H2,1-2H3. The highest BCUT2D eigenvalue weighted by molar-refractivity contribution is 6.31. The van der Waals surface area contributed by atoms with Crippen LogP contribution in [0.5, 0.6) is 23.0 Å². The van der Waals surface area contributed by atoms with E-state index in [0.717, 1.165) is 11.1 Å². The smallest absolute Gasteiger partial charge is 0.231 e. The van der Waals surface area contributed by atoms with Crippen LogP contribution in [0.4, 0.5) is 0 Å². The molecule has 0 aromatic heterocycles. The van der Waals surface area contributed by atoms with Gasteiger partial charge in [0.15, 0.2) is 17.3 Å². The first-order valence-corrected chi connectivity index (χ1v) is 9.63. The van der Waals surface area contributed by atoms with Crippen LogP contribution in [0.3, 0.4) is 0 Å². The topological polar surface area (TPSA) is 54.0 Å². The Labute approximate surface area is 179 Å². The second-order valence-electron chi connectivity index (χ2n) is 6.59. The third-order valence-electron chi connectivity index (χ3n) is 4.70. The molecule has 5 nitrogen and oxygen atoms in total. The van der Waals surface area contributed by atoms with E-state index in [1.807, 2.05) is 30.3 Å². The SMILES string of the molecule is COc1ccc(C=C2Oc3cc(OCc4ccccc4Cl)ccc3C2=O)cc1OC. The molecule has 0 fully saturated rings. The summed E-state index contributed by atoms with van der Waals surface area (Å²) >= 11 is 6.17. The summed E-state index contributed by atoms with van der Waals surface area (Å²) in [5.41, 5.74) is 2.14. The number of halogens is 1. The molecule has 152 valence electrons. The lowest BCUT2D eigenvalue weighted by molar-refractivity contribution is 0.101. The van der Waals surface area contributed by atoms with E-state index in [0.29, 0.717) is 40.2 Å². The van der Waals surface area contributed by atoms with Crippen LogP contribution in [0.1, 0.15) is 21.5 Å². The van der Waals surface area contributed by atoms with Gasteiger partial charge in [0.05, 0.1) is 19.8 Å². The molecule has 0 atom stereocenters. The Bertz CT molecular complexity index is 1140. The van der Waals surface area contributed by atoms with Crippen molar-refractivity contribution in [3.05, 3.63) is 88.1 Å². The van der Waals surface area contributed by atoms with Crippen LogP contribution in [-0.2, 0) is 6.61 Å². The van der Waals surface area contributed by atoms with Gasteiger partial charge in [-0.1, -0.05) is 35.9 Å². The Morgan fingerprint density at radius 1 is 0.967 bits per heavy atom. The van der Waals surface area contributed by atoms with Crippen LogP contribution in [0.2, 0.25) is 5.02 Å². The van der Waals surface area contributed by atoms with Crippen molar-refractivity contribution in [1.29, 1.82) is 0 Å². The van der Waals surface area contributed by atoms with Gasteiger partial charge >= 0.3 is 0 Å². The first-order chi connectivity index (χ1) is 14.6. The van der Waals surface area contributed by atoms with Gasteiger partial charge in [-0.05, 0) is 42.0 Å². The van der Waals surface area contributed by atoms with Crippen LogP contribution >= 0.6 is 11.6 Å². The van der Waals surface area contributed by atoms with Gasteiger partial charge in [0.25, 0.3) is 0 Å². The van der Waals surface area contributed by atoms with Gasteiger partial charge in [0, 0.05) is 16.7 Å². The van der Waals surface area contributed by atoms with E-state index in [1.165, 1.54) is 0 Å². The Morgan fingerprint density at radius 2 is 1.77 bits per heavy atom. The minimum absolute atomic E-state index is 0.183. The van der Waals surface area contributed by atoms with Gasteiger partial charge < -0.3 is 18.9 Å². The molecule has 6 heteroatoms. The molecule has 0 radical (unpaired) electrons. The largest absolute Gasteiger partial charge is 0.493 e. The van der Waals surface area contributed by atoms with Crippen LogP contribution in [0, 0.1) is 0 Å². The fraction of sp³-hybridized carbons (Fsp3) is 0.125. The number of carbonyl (C=O) groups excluding carboxylic acids is 1. The van der Waals surface area contributed by atoms with Gasteiger partial charge in [0.1, 0.15) is 18.1 Å². The number of carbonyl (C=O) groups is 1. The van der Waals surface area contributed by atoms with Gasteiger partial charge in [-0.15, -0.1) is 0 Å². The van der Waals surface area contributed by atoms with Crippen molar-refractivity contribution >= 4 is 23.5 Å². The number of fused-ring (bicyclic) bond motifs is 1. The zero-order valence-corrected chi connectivity index (χ0v) is 17.2. The fourth-order valence-electron chi connectivity index (χ4n) is 3.13. The lowest BCUT2D eigenvalue weighted by Crippen LogP contribution is -1.98. The molecule has 3 aromatic rings. The lowest BCUT2D eigenvalue weighted by Gasteiger charge is -2.08. The van der Waals surface area contributed by atoms with Crippen molar-refractivity contribution in [2.24, 2.45) is 0 Å². The summed E-state index contributed by atoms with van der Waals surface area (Å²) < 4.78 is 22.2.